The van der Waals surface area contributed by atoms with E-state index in [9.17, 15) is 24.6 Å². The van der Waals surface area contributed by atoms with Crippen LogP contribution in [-0.4, -0.2) is 65.5 Å². The summed E-state index contributed by atoms with van der Waals surface area (Å²) in [4.78, 5) is 39.3. The number of carbonyl (C=O) groups is 3. The van der Waals surface area contributed by atoms with E-state index in [0.717, 1.165) is 0 Å². The predicted molar refractivity (Wildman–Crippen MR) is 130 cm³/mol. The van der Waals surface area contributed by atoms with Crippen LogP contribution in [0, 0.1) is 16.7 Å². The molecule has 0 bridgehead atoms. The number of esters is 2. The van der Waals surface area contributed by atoms with E-state index in [2.05, 4.69) is 5.32 Å². The largest absolute Gasteiger partial charge is 0.504 e. The molecule has 1 heterocycles. The van der Waals surface area contributed by atoms with Gasteiger partial charge in [-0.25, -0.2) is 4.79 Å². The van der Waals surface area contributed by atoms with E-state index in [1.807, 2.05) is 27.7 Å². The third kappa shape index (κ3) is 3.87. The summed E-state index contributed by atoms with van der Waals surface area (Å²) >= 11 is 0. The molecule has 198 valence electrons. The molecule has 9 heteroatoms. The molecular formula is C27H37NO8. The van der Waals surface area contributed by atoms with E-state index in [0.29, 0.717) is 30.4 Å². The molecule has 1 saturated heterocycles. The number of hydrogen-bond donors (Lipinski definition) is 3. The Morgan fingerprint density at radius 1 is 1.25 bits per heavy atom. The summed E-state index contributed by atoms with van der Waals surface area (Å²) in [6, 6.07) is 0. The Balaban J connectivity index is 2.01. The standard InChI is InChI=1S/C27H37NO8/c1-13(29)35-16-10-26(5)15(8-9-17(26)30)19-21(16)27(6)18(12-34-7)36-24(33)14(11-28-25(2,3)4)20(27)23(32)22(19)31/h11,15-18,28,30,32H,8-10,12H2,1-7H3/b14-11-/t15?,16-,17+,18-,26+,27+/m1/s1. The lowest BCUT2D eigenvalue weighted by molar-refractivity contribution is -0.160. The van der Waals surface area contributed by atoms with Gasteiger partial charge in [-0.15, -0.1) is 0 Å². The number of fused-ring (bicyclic) bond motifs is 4. The van der Waals surface area contributed by atoms with Crippen LogP contribution in [0.5, 0.6) is 0 Å². The maximum absolute atomic E-state index is 13.9. The van der Waals surface area contributed by atoms with Crippen molar-refractivity contribution in [3.8, 4) is 0 Å². The Morgan fingerprint density at radius 3 is 2.50 bits per heavy atom. The third-order valence-corrected chi connectivity index (χ3v) is 8.31. The molecule has 0 aromatic rings. The first-order chi connectivity index (χ1) is 16.7. The van der Waals surface area contributed by atoms with Gasteiger partial charge in [-0.2, -0.15) is 0 Å². The number of hydrogen-bond acceptors (Lipinski definition) is 9. The summed E-state index contributed by atoms with van der Waals surface area (Å²) in [5, 5.41) is 25.4. The maximum atomic E-state index is 13.9. The van der Waals surface area contributed by atoms with E-state index >= 15 is 0 Å². The second kappa shape index (κ2) is 8.73. The zero-order chi connectivity index (χ0) is 26.8. The van der Waals surface area contributed by atoms with Crippen LogP contribution in [0.4, 0.5) is 0 Å². The number of aliphatic hydroxyl groups is 2. The number of Topliss-reactive ketones (excluding diaryl/α,β-unsaturated/α-hetero) is 1. The lowest BCUT2D eigenvalue weighted by atomic mass is 9.53. The van der Waals surface area contributed by atoms with Crippen molar-refractivity contribution in [3.63, 3.8) is 0 Å². The van der Waals surface area contributed by atoms with Crippen molar-refractivity contribution < 1.29 is 38.8 Å². The third-order valence-electron chi connectivity index (χ3n) is 8.31. The molecule has 6 atom stereocenters. The van der Waals surface area contributed by atoms with Crippen LogP contribution in [0.15, 0.2) is 34.3 Å². The summed E-state index contributed by atoms with van der Waals surface area (Å²) in [5.74, 6) is -2.69. The zero-order valence-corrected chi connectivity index (χ0v) is 22.1. The predicted octanol–water partition coefficient (Wildman–Crippen LogP) is 2.64. The Bertz CT molecular complexity index is 1100. The Labute approximate surface area is 211 Å². The number of methoxy groups -OCH3 is 1. The molecule has 3 aliphatic carbocycles. The van der Waals surface area contributed by atoms with Gasteiger partial charge in [0.1, 0.15) is 12.2 Å². The van der Waals surface area contributed by atoms with Gasteiger partial charge in [0.2, 0.25) is 5.78 Å². The Hall–Kier alpha value is -2.65. The number of rotatable bonds is 4. The van der Waals surface area contributed by atoms with Crippen molar-refractivity contribution in [2.24, 2.45) is 16.7 Å². The van der Waals surface area contributed by atoms with E-state index in [4.69, 9.17) is 14.2 Å². The van der Waals surface area contributed by atoms with Crippen LogP contribution >= 0.6 is 0 Å². The molecule has 0 amide bonds. The molecule has 9 nitrogen and oxygen atoms in total. The van der Waals surface area contributed by atoms with E-state index < -0.39 is 58.2 Å². The smallest absolute Gasteiger partial charge is 0.340 e. The molecular weight excluding hydrogens is 466 g/mol. The monoisotopic (exact) mass is 503 g/mol. The summed E-state index contributed by atoms with van der Waals surface area (Å²) in [6.45, 7) is 10.7. The van der Waals surface area contributed by atoms with Gasteiger partial charge in [-0.05, 0) is 58.4 Å². The molecule has 3 N–H and O–H groups in total. The highest BCUT2D eigenvalue weighted by molar-refractivity contribution is 6.13. The van der Waals surface area contributed by atoms with Crippen LogP contribution in [0.2, 0.25) is 0 Å². The highest BCUT2D eigenvalue weighted by Crippen LogP contribution is 2.63. The fourth-order valence-corrected chi connectivity index (χ4v) is 6.57. The van der Waals surface area contributed by atoms with Crippen molar-refractivity contribution in [1.29, 1.82) is 0 Å². The Morgan fingerprint density at radius 2 is 1.92 bits per heavy atom. The number of aliphatic hydroxyl groups excluding tert-OH is 2. The molecule has 4 aliphatic rings. The van der Waals surface area contributed by atoms with Crippen LogP contribution in [0.25, 0.3) is 0 Å². The van der Waals surface area contributed by atoms with Gasteiger partial charge in [0.25, 0.3) is 0 Å². The van der Waals surface area contributed by atoms with E-state index in [-0.39, 0.29) is 23.7 Å². The summed E-state index contributed by atoms with van der Waals surface area (Å²) in [5.41, 5.74) is -1.28. The van der Waals surface area contributed by atoms with Crippen LogP contribution in [-0.2, 0) is 28.6 Å². The zero-order valence-electron chi connectivity index (χ0n) is 22.1. The van der Waals surface area contributed by atoms with Crippen LogP contribution in [0.3, 0.4) is 0 Å². The summed E-state index contributed by atoms with van der Waals surface area (Å²) < 4.78 is 17.1. The lowest BCUT2D eigenvalue weighted by Crippen LogP contribution is -2.57. The molecule has 0 spiro atoms. The lowest BCUT2D eigenvalue weighted by Gasteiger charge is -2.54. The molecule has 1 saturated carbocycles. The second-order valence-corrected chi connectivity index (χ2v) is 11.8. The number of ketones is 1. The summed E-state index contributed by atoms with van der Waals surface area (Å²) in [6.07, 6.45) is 0.401. The highest BCUT2D eigenvalue weighted by atomic mass is 16.6. The highest BCUT2D eigenvalue weighted by Gasteiger charge is 2.64. The number of cyclic esters (lactones) is 1. The maximum Gasteiger partial charge on any atom is 0.340 e. The van der Waals surface area contributed by atoms with Gasteiger partial charge in [-0.3, -0.25) is 9.59 Å². The second-order valence-electron chi connectivity index (χ2n) is 11.8. The molecule has 36 heavy (non-hydrogen) atoms. The van der Waals surface area contributed by atoms with Gasteiger partial charge >= 0.3 is 11.9 Å². The van der Waals surface area contributed by atoms with Crippen molar-refractivity contribution in [2.75, 3.05) is 13.7 Å². The van der Waals surface area contributed by atoms with Crippen molar-refractivity contribution >= 4 is 17.7 Å². The van der Waals surface area contributed by atoms with E-state index in [1.165, 1.54) is 20.2 Å². The Kier molecular flexibility index (Phi) is 6.41. The van der Waals surface area contributed by atoms with Gasteiger partial charge < -0.3 is 29.7 Å². The van der Waals surface area contributed by atoms with Gasteiger partial charge in [-0.1, -0.05) is 6.92 Å². The van der Waals surface area contributed by atoms with Crippen molar-refractivity contribution in [3.05, 3.63) is 34.3 Å². The number of nitrogens with one attached hydrogen (secondary N) is 1. The fraction of sp³-hybridized carbons (Fsp3) is 0.667. The fourth-order valence-electron chi connectivity index (χ4n) is 6.57. The first kappa shape index (κ1) is 26.4. The summed E-state index contributed by atoms with van der Waals surface area (Å²) in [7, 11) is 1.48. The molecule has 0 radical (unpaired) electrons. The first-order valence-corrected chi connectivity index (χ1v) is 12.4. The van der Waals surface area contributed by atoms with Crippen LogP contribution < -0.4 is 5.32 Å². The van der Waals surface area contributed by atoms with Crippen LogP contribution in [0.1, 0.15) is 60.8 Å². The normalized spacial score (nSPS) is 37.4. The molecule has 4 rings (SSSR count). The minimum absolute atomic E-state index is 0.00131. The van der Waals surface area contributed by atoms with Crippen molar-refractivity contribution in [2.45, 2.75) is 84.7 Å². The average Bonchev–Trinajstić information content (AvgIpc) is 3.05. The number of allylic oxidation sites excluding steroid dienone is 1. The number of carbonyl (C=O) groups excluding carboxylic acids is 3. The first-order valence-electron chi connectivity index (χ1n) is 12.4. The number of ether oxygens (including phenoxy) is 3. The minimum Gasteiger partial charge on any atom is -0.504 e. The average molecular weight is 504 g/mol. The molecule has 1 aliphatic heterocycles. The van der Waals surface area contributed by atoms with Crippen molar-refractivity contribution in [1.82, 2.24) is 5.32 Å². The SMILES string of the molecule is COC[C@H]1OC(=O)/C(=C\NC(C)(C)C)C2=C(O)C(=O)C3=C([C@H](OC(C)=O)C[C@@]4(C)C3CC[C@@H]4O)[C@]21C. The molecule has 0 aromatic carbocycles. The topological polar surface area (TPSA) is 131 Å². The minimum atomic E-state index is -1.21. The molecule has 1 unspecified atom stereocenters. The van der Waals surface area contributed by atoms with Gasteiger partial charge in [0.05, 0.1) is 23.7 Å². The molecule has 2 fully saturated rings. The van der Waals surface area contributed by atoms with Gasteiger partial charge in [0.15, 0.2) is 5.76 Å². The van der Waals surface area contributed by atoms with Gasteiger partial charge in [0, 0.05) is 42.3 Å². The quantitative estimate of drug-likeness (QED) is 0.391. The molecule has 0 aromatic heterocycles. The van der Waals surface area contributed by atoms with E-state index in [1.54, 1.807) is 6.92 Å².